The number of hydrogen-bond donors (Lipinski definition) is 1. The van der Waals surface area contributed by atoms with Crippen LogP contribution in [-0.2, 0) is 6.42 Å². The highest BCUT2D eigenvalue weighted by Gasteiger charge is 2.13. The second-order valence-electron chi connectivity index (χ2n) is 5.28. The number of carbonyl (C=O) groups is 1. The van der Waals surface area contributed by atoms with Gasteiger partial charge in [-0.15, -0.1) is 0 Å². The topological polar surface area (TPSA) is 42.2 Å². The maximum absolute atomic E-state index is 12.8. The van der Waals surface area contributed by atoms with Gasteiger partial charge in [0.05, 0.1) is 5.02 Å². The van der Waals surface area contributed by atoms with Crippen molar-refractivity contribution in [1.82, 2.24) is 5.32 Å². The van der Waals surface area contributed by atoms with Crippen LogP contribution in [0.15, 0.2) is 65.1 Å². The minimum absolute atomic E-state index is 0.226. The molecule has 0 fully saturated rings. The van der Waals surface area contributed by atoms with Crippen molar-refractivity contribution in [1.29, 1.82) is 0 Å². The van der Waals surface area contributed by atoms with Crippen molar-refractivity contribution in [3.05, 3.63) is 82.8 Å². The van der Waals surface area contributed by atoms with Gasteiger partial charge in [-0.25, -0.2) is 4.39 Å². The predicted molar refractivity (Wildman–Crippen MR) is 91.6 cm³/mol. The van der Waals surface area contributed by atoms with E-state index in [1.165, 1.54) is 12.1 Å². The number of carbonyl (C=O) groups excluding carboxylic acids is 1. The molecule has 3 aromatic rings. The van der Waals surface area contributed by atoms with E-state index in [0.717, 1.165) is 11.1 Å². The lowest BCUT2D eigenvalue weighted by Crippen LogP contribution is -2.25. The van der Waals surface area contributed by atoms with E-state index < -0.39 is 0 Å². The average Bonchev–Trinajstić information content (AvgIpc) is 3.07. The summed E-state index contributed by atoms with van der Waals surface area (Å²) in [7, 11) is 0. The van der Waals surface area contributed by atoms with Crippen LogP contribution in [0.3, 0.4) is 0 Å². The van der Waals surface area contributed by atoms with Gasteiger partial charge >= 0.3 is 0 Å². The molecule has 5 heteroatoms. The van der Waals surface area contributed by atoms with Crippen molar-refractivity contribution < 1.29 is 13.6 Å². The van der Waals surface area contributed by atoms with Gasteiger partial charge < -0.3 is 9.73 Å². The van der Waals surface area contributed by atoms with Gasteiger partial charge in [0.15, 0.2) is 5.76 Å². The van der Waals surface area contributed by atoms with Crippen molar-refractivity contribution >= 4 is 17.5 Å². The summed E-state index contributed by atoms with van der Waals surface area (Å²) in [6.07, 6.45) is 0.615. The first kappa shape index (κ1) is 16.3. The van der Waals surface area contributed by atoms with E-state index in [4.69, 9.17) is 16.0 Å². The molecule has 2 aromatic carbocycles. The first-order valence-electron chi connectivity index (χ1n) is 7.51. The molecule has 24 heavy (non-hydrogen) atoms. The molecule has 1 amide bonds. The highest BCUT2D eigenvalue weighted by molar-refractivity contribution is 6.33. The Kier molecular flexibility index (Phi) is 4.96. The van der Waals surface area contributed by atoms with Crippen molar-refractivity contribution in [2.45, 2.75) is 6.42 Å². The molecule has 122 valence electrons. The molecule has 0 aliphatic rings. The summed E-state index contributed by atoms with van der Waals surface area (Å²) in [5, 5.41) is 3.35. The highest BCUT2D eigenvalue weighted by atomic mass is 35.5. The van der Waals surface area contributed by atoms with Gasteiger partial charge in [0.25, 0.3) is 5.91 Å². The molecule has 0 spiro atoms. The fourth-order valence-corrected chi connectivity index (χ4v) is 2.55. The zero-order valence-corrected chi connectivity index (χ0v) is 13.5. The van der Waals surface area contributed by atoms with Crippen LogP contribution < -0.4 is 5.32 Å². The van der Waals surface area contributed by atoms with E-state index in [1.807, 2.05) is 18.2 Å². The Morgan fingerprint density at radius 3 is 2.54 bits per heavy atom. The zero-order valence-electron chi connectivity index (χ0n) is 12.8. The van der Waals surface area contributed by atoms with Gasteiger partial charge in [-0.05, 0) is 48.4 Å². The van der Waals surface area contributed by atoms with E-state index >= 15 is 0 Å². The summed E-state index contributed by atoms with van der Waals surface area (Å²) in [6.45, 7) is 0.437. The quantitative estimate of drug-likeness (QED) is 0.729. The second-order valence-corrected chi connectivity index (χ2v) is 5.68. The molecule has 1 heterocycles. The summed E-state index contributed by atoms with van der Waals surface area (Å²) >= 11 is 6.12. The molecule has 0 saturated heterocycles. The number of amides is 1. The largest absolute Gasteiger partial charge is 0.451 e. The number of furan rings is 1. The normalized spacial score (nSPS) is 10.6. The van der Waals surface area contributed by atoms with Crippen molar-refractivity contribution in [2.75, 3.05) is 6.54 Å². The summed E-state index contributed by atoms with van der Waals surface area (Å²) < 4.78 is 18.4. The minimum atomic E-state index is -0.296. The number of rotatable bonds is 5. The van der Waals surface area contributed by atoms with Crippen LogP contribution in [0.25, 0.3) is 11.3 Å². The minimum Gasteiger partial charge on any atom is -0.451 e. The van der Waals surface area contributed by atoms with Crippen LogP contribution in [0.2, 0.25) is 5.02 Å². The number of nitrogens with one attached hydrogen (secondary N) is 1. The molecule has 1 N–H and O–H groups in total. The van der Waals surface area contributed by atoms with Gasteiger partial charge in [0, 0.05) is 12.1 Å². The molecule has 0 aliphatic heterocycles. The van der Waals surface area contributed by atoms with Gasteiger partial charge in [0.1, 0.15) is 11.6 Å². The van der Waals surface area contributed by atoms with Gasteiger partial charge in [0.2, 0.25) is 0 Å². The van der Waals surface area contributed by atoms with Crippen LogP contribution in [0.4, 0.5) is 4.39 Å². The fourth-order valence-electron chi connectivity index (χ4n) is 2.32. The lowest BCUT2D eigenvalue weighted by molar-refractivity contribution is 0.0927. The number of benzene rings is 2. The third kappa shape index (κ3) is 3.84. The van der Waals surface area contributed by atoms with Crippen LogP contribution in [0.1, 0.15) is 16.1 Å². The van der Waals surface area contributed by atoms with Crippen molar-refractivity contribution in [3.8, 4) is 11.3 Å². The maximum atomic E-state index is 12.8. The van der Waals surface area contributed by atoms with E-state index in [9.17, 15) is 9.18 Å². The summed E-state index contributed by atoms with van der Waals surface area (Å²) in [5.41, 5.74) is 1.69. The van der Waals surface area contributed by atoms with Crippen LogP contribution in [-0.4, -0.2) is 12.5 Å². The second kappa shape index (κ2) is 7.32. The standard InChI is InChI=1S/C19H15ClFNO2/c20-16-4-2-1-3-15(16)17-9-10-18(24-17)19(23)22-12-11-13-5-7-14(21)8-6-13/h1-10H,11-12H2,(H,22,23). The molecule has 3 rings (SSSR count). The van der Waals surface area contributed by atoms with E-state index in [0.29, 0.717) is 23.7 Å². The van der Waals surface area contributed by atoms with Gasteiger partial charge in [-0.2, -0.15) is 0 Å². The third-order valence-corrected chi connectivity index (χ3v) is 3.91. The lowest BCUT2D eigenvalue weighted by Gasteiger charge is -2.04. The first-order valence-corrected chi connectivity index (χ1v) is 7.88. The summed E-state index contributed by atoms with van der Waals surface area (Å²) in [6, 6.07) is 16.8. The summed E-state index contributed by atoms with van der Waals surface area (Å²) in [4.78, 5) is 12.1. The third-order valence-electron chi connectivity index (χ3n) is 3.58. The molecule has 0 radical (unpaired) electrons. The molecule has 0 unspecified atom stereocenters. The Balaban J connectivity index is 1.60. The zero-order chi connectivity index (χ0) is 16.9. The first-order chi connectivity index (χ1) is 11.6. The Morgan fingerprint density at radius 1 is 1.04 bits per heavy atom. The molecule has 0 aliphatic carbocycles. The fraction of sp³-hybridized carbons (Fsp3) is 0.105. The Bertz CT molecular complexity index is 843. The average molecular weight is 344 g/mol. The number of hydrogen-bond acceptors (Lipinski definition) is 2. The highest BCUT2D eigenvalue weighted by Crippen LogP contribution is 2.28. The molecule has 0 saturated carbocycles. The molecule has 3 nitrogen and oxygen atoms in total. The van der Waals surface area contributed by atoms with Gasteiger partial charge in [-0.3, -0.25) is 4.79 Å². The molecule has 1 aromatic heterocycles. The number of halogens is 2. The Labute approximate surface area is 144 Å². The van der Waals surface area contributed by atoms with E-state index in [2.05, 4.69) is 5.32 Å². The van der Waals surface area contributed by atoms with E-state index in [-0.39, 0.29) is 17.5 Å². The maximum Gasteiger partial charge on any atom is 0.287 e. The molecule has 0 atom stereocenters. The van der Waals surface area contributed by atoms with E-state index in [1.54, 1.807) is 30.3 Å². The monoisotopic (exact) mass is 343 g/mol. The SMILES string of the molecule is O=C(NCCc1ccc(F)cc1)c1ccc(-c2ccccc2Cl)o1. The lowest BCUT2D eigenvalue weighted by atomic mass is 10.1. The molecule has 0 bridgehead atoms. The predicted octanol–water partition coefficient (Wildman–Crippen LogP) is 4.71. The molecular weight excluding hydrogens is 329 g/mol. The Hall–Kier alpha value is -2.59. The van der Waals surface area contributed by atoms with Crippen molar-refractivity contribution in [3.63, 3.8) is 0 Å². The smallest absolute Gasteiger partial charge is 0.287 e. The Morgan fingerprint density at radius 2 is 1.79 bits per heavy atom. The van der Waals surface area contributed by atoms with Crippen LogP contribution in [0.5, 0.6) is 0 Å². The van der Waals surface area contributed by atoms with Gasteiger partial charge in [-0.1, -0.05) is 35.9 Å². The summed E-state index contributed by atoms with van der Waals surface area (Å²) in [5.74, 6) is 0.203. The molecular formula is C19H15ClFNO2. The van der Waals surface area contributed by atoms with Crippen molar-refractivity contribution in [2.24, 2.45) is 0 Å². The van der Waals surface area contributed by atoms with Crippen LogP contribution in [0, 0.1) is 5.82 Å². The van der Waals surface area contributed by atoms with Crippen LogP contribution >= 0.6 is 11.6 Å².